The second kappa shape index (κ2) is 6.72. The molecular formula is C16H20N4O2S. The van der Waals surface area contributed by atoms with Crippen LogP contribution in [-0.2, 0) is 13.7 Å². The summed E-state index contributed by atoms with van der Waals surface area (Å²) in [5, 5.41) is 20.4. The molecule has 0 spiro atoms. The Morgan fingerprint density at radius 2 is 2.13 bits per heavy atom. The molecule has 0 radical (unpaired) electrons. The Balaban J connectivity index is 1.60. The van der Waals surface area contributed by atoms with E-state index in [1.807, 2.05) is 42.1 Å². The fourth-order valence-corrected chi connectivity index (χ4v) is 3.51. The molecule has 2 N–H and O–H groups in total. The molecule has 0 bridgehead atoms. The van der Waals surface area contributed by atoms with Gasteiger partial charge in [-0.2, -0.15) is 0 Å². The molecule has 1 saturated carbocycles. The van der Waals surface area contributed by atoms with Gasteiger partial charge in [0.05, 0.1) is 5.56 Å². The minimum atomic E-state index is -0.109. The van der Waals surface area contributed by atoms with E-state index in [4.69, 9.17) is 5.11 Å². The van der Waals surface area contributed by atoms with E-state index in [0.29, 0.717) is 5.82 Å². The van der Waals surface area contributed by atoms with Gasteiger partial charge in [0.2, 0.25) is 0 Å². The number of hydrogen-bond acceptors (Lipinski definition) is 5. The maximum absolute atomic E-state index is 12.4. The van der Waals surface area contributed by atoms with Crippen molar-refractivity contribution in [2.75, 3.05) is 6.26 Å². The van der Waals surface area contributed by atoms with Gasteiger partial charge in [0.1, 0.15) is 12.4 Å². The molecule has 1 aromatic heterocycles. The maximum atomic E-state index is 12.4. The van der Waals surface area contributed by atoms with Crippen LogP contribution in [0.15, 0.2) is 29.2 Å². The van der Waals surface area contributed by atoms with Gasteiger partial charge in [-0.3, -0.25) is 4.79 Å². The summed E-state index contributed by atoms with van der Waals surface area (Å²) >= 11 is 1.57. The van der Waals surface area contributed by atoms with Crippen LogP contribution in [0.1, 0.15) is 40.8 Å². The van der Waals surface area contributed by atoms with Crippen molar-refractivity contribution in [1.29, 1.82) is 0 Å². The fraction of sp³-hybridized carbons (Fsp3) is 0.438. The topological polar surface area (TPSA) is 80.0 Å². The molecule has 1 fully saturated rings. The second-order valence-electron chi connectivity index (χ2n) is 5.73. The number of aromatic nitrogens is 3. The smallest absolute Gasteiger partial charge is 0.252 e. The molecule has 1 amide bonds. The van der Waals surface area contributed by atoms with Crippen LogP contribution in [0.25, 0.3) is 0 Å². The molecule has 7 heteroatoms. The van der Waals surface area contributed by atoms with E-state index in [0.717, 1.165) is 29.1 Å². The molecule has 0 unspecified atom stereocenters. The fourth-order valence-electron chi connectivity index (χ4n) is 2.91. The average Bonchev–Trinajstić information content (AvgIpc) is 2.90. The lowest BCUT2D eigenvalue weighted by atomic mass is 9.79. The van der Waals surface area contributed by atoms with E-state index < -0.39 is 0 Å². The highest BCUT2D eigenvalue weighted by Crippen LogP contribution is 2.36. The normalized spacial score (nSPS) is 20.1. The third-order valence-electron chi connectivity index (χ3n) is 4.33. The predicted molar refractivity (Wildman–Crippen MR) is 88.4 cm³/mol. The van der Waals surface area contributed by atoms with Crippen molar-refractivity contribution in [1.82, 2.24) is 20.1 Å². The molecule has 0 atom stereocenters. The average molecular weight is 332 g/mol. The summed E-state index contributed by atoms with van der Waals surface area (Å²) in [7, 11) is 1.86. The third kappa shape index (κ3) is 3.11. The monoisotopic (exact) mass is 332 g/mol. The van der Waals surface area contributed by atoms with Gasteiger partial charge in [-0.05, 0) is 31.2 Å². The highest BCUT2D eigenvalue weighted by Gasteiger charge is 2.35. The Morgan fingerprint density at radius 3 is 2.78 bits per heavy atom. The number of benzene rings is 1. The Kier molecular flexibility index (Phi) is 4.68. The molecule has 0 saturated heterocycles. The van der Waals surface area contributed by atoms with Gasteiger partial charge >= 0.3 is 0 Å². The number of aliphatic hydroxyl groups excluding tert-OH is 1. The number of nitrogens with one attached hydrogen (secondary N) is 1. The Morgan fingerprint density at radius 1 is 1.39 bits per heavy atom. The summed E-state index contributed by atoms with van der Waals surface area (Å²) in [6, 6.07) is 7.80. The molecule has 122 valence electrons. The zero-order valence-corrected chi connectivity index (χ0v) is 14.0. The van der Waals surface area contributed by atoms with Crippen molar-refractivity contribution >= 4 is 17.7 Å². The van der Waals surface area contributed by atoms with E-state index in [-0.39, 0.29) is 24.5 Å². The van der Waals surface area contributed by atoms with Gasteiger partial charge < -0.3 is 15.0 Å². The first kappa shape index (κ1) is 16.0. The van der Waals surface area contributed by atoms with Crippen LogP contribution in [0.5, 0.6) is 0 Å². The largest absolute Gasteiger partial charge is 0.388 e. The molecule has 2 aromatic rings. The lowest BCUT2D eigenvalue weighted by Gasteiger charge is -2.35. The third-order valence-corrected chi connectivity index (χ3v) is 5.13. The van der Waals surface area contributed by atoms with Gasteiger partial charge in [-0.1, -0.05) is 12.1 Å². The molecule has 1 aliphatic carbocycles. The van der Waals surface area contributed by atoms with Crippen LogP contribution in [0, 0.1) is 0 Å². The summed E-state index contributed by atoms with van der Waals surface area (Å²) in [5.41, 5.74) is 0.727. The number of hydrogen-bond donors (Lipinski definition) is 2. The van der Waals surface area contributed by atoms with Crippen LogP contribution < -0.4 is 5.32 Å². The Labute approximate surface area is 139 Å². The minimum absolute atomic E-state index is 0.0209. The molecule has 1 heterocycles. The molecule has 0 aliphatic heterocycles. The van der Waals surface area contributed by atoms with Crippen LogP contribution in [0.2, 0.25) is 0 Å². The van der Waals surface area contributed by atoms with Gasteiger partial charge in [0.15, 0.2) is 5.82 Å². The standard InChI is InChI=1S/C16H20N4O2S/c1-20-14(9-21)18-19-15(20)10-7-11(8-10)17-16(22)12-5-3-4-6-13(12)23-2/h3-6,10-11,21H,7-9H2,1-2H3,(H,17,22). The zero-order valence-electron chi connectivity index (χ0n) is 13.2. The molecule has 6 nitrogen and oxygen atoms in total. The Bertz CT molecular complexity index is 710. The van der Waals surface area contributed by atoms with Crippen molar-refractivity contribution in [3.8, 4) is 0 Å². The molecule has 1 aliphatic rings. The van der Waals surface area contributed by atoms with Gasteiger partial charge in [0, 0.05) is 23.9 Å². The van der Waals surface area contributed by atoms with Crippen molar-refractivity contribution < 1.29 is 9.90 Å². The van der Waals surface area contributed by atoms with E-state index in [9.17, 15) is 4.79 Å². The number of thioether (sulfide) groups is 1. The summed E-state index contributed by atoms with van der Waals surface area (Å²) in [6.07, 6.45) is 3.67. The van der Waals surface area contributed by atoms with E-state index >= 15 is 0 Å². The van der Waals surface area contributed by atoms with Crippen molar-refractivity contribution in [3.05, 3.63) is 41.5 Å². The lowest BCUT2D eigenvalue weighted by Crippen LogP contribution is -2.44. The minimum Gasteiger partial charge on any atom is -0.388 e. The molecular weight excluding hydrogens is 312 g/mol. The molecule has 3 rings (SSSR count). The lowest BCUT2D eigenvalue weighted by molar-refractivity contribution is 0.0904. The van der Waals surface area contributed by atoms with Crippen LogP contribution in [-0.4, -0.2) is 38.1 Å². The number of aliphatic hydroxyl groups is 1. The first-order chi connectivity index (χ1) is 11.1. The zero-order chi connectivity index (χ0) is 16.4. The summed E-state index contributed by atoms with van der Waals surface area (Å²) in [6.45, 7) is -0.109. The summed E-state index contributed by atoms with van der Waals surface area (Å²) in [4.78, 5) is 13.4. The predicted octanol–water partition coefficient (Wildman–Crippen LogP) is 1.71. The second-order valence-corrected chi connectivity index (χ2v) is 6.58. The molecule has 23 heavy (non-hydrogen) atoms. The summed E-state index contributed by atoms with van der Waals surface area (Å²) < 4.78 is 1.84. The van der Waals surface area contributed by atoms with Gasteiger partial charge in [-0.25, -0.2) is 0 Å². The van der Waals surface area contributed by atoms with Crippen molar-refractivity contribution in [2.24, 2.45) is 7.05 Å². The SMILES string of the molecule is CSc1ccccc1C(=O)NC1CC(c2nnc(CO)n2C)C1. The summed E-state index contributed by atoms with van der Waals surface area (Å²) in [5.74, 6) is 1.71. The van der Waals surface area contributed by atoms with E-state index in [1.54, 1.807) is 11.8 Å². The van der Waals surface area contributed by atoms with Gasteiger partial charge in [0.25, 0.3) is 5.91 Å². The van der Waals surface area contributed by atoms with Crippen LogP contribution in [0.3, 0.4) is 0 Å². The first-order valence-corrected chi connectivity index (χ1v) is 8.79. The highest BCUT2D eigenvalue weighted by molar-refractivity contribution is 7.98. The number of carbonyl (C=O) groups is 1. The first-order valence-electron chi connectivity index (χ1n) is 7.57. The highest BCUT2D eigenvalue weighted by atomic mass is 32.2. The van der Waals surface area contributed by atoms with Crippen molar-refractivity contribution in [3.63, 3.8) is 0 Å². The number of rotatable bonds is 5. The Hall–Kier alpha value is -1.86. The van der Waals surface area contributed by atoms with Crippen molar-refractivity contribution in [2.45, 2.75) is 36.3 Å². The van der Waals surface area contributed by atoms with Gasteiger partial charge in [-0.15, -0.1) is 22.0 Å². The van der Waals surface area contributed by atoms with Crippen LogP contribution >= 0.6 is 11.8 Å². The number of amides is 1. The number of carbonyl (C=O) groups excluding carboxylic acids is 1. The van der Waals surface area contributed by atoms with E-state index in [2.05, 4.69) is 15.5 Å². The quantitative estimate of drug-likeness (QED) is 0.815. The maximum Gasteiger partial charge on any atom is 0.252 e. The molecule has 1 aromatic carbocycles. The van der Waals surface area contributed by atoms with Crippen LogP contribution in [0.4, 0.5) is 0 Å². The van der Waals surface area contributed by atoms with E-state index in [1.165, 1.54) is 0 Å². The number of nitrogens with zero attached hydrogens (tertiary/aromatic N) is 3.